The third-order valence-corrected chi connectivity index (χ3v) is 5.00. The van der Waals surface area contributed by atoms with E-state index in [1.165, 1.54) is 0 Å². The quantitative estimate of drug-likeness (QED) is 0.840. The molecule has 114 valence electrons. The zero-order chi connectivity index (χ0) is 15.2. The Bertz CT molecular complexity index is 648. The number of carbonyl (C=O) groups is 1. The highest BCUT2D eigenvalue weighted by atomic mass is 16.6. The van der Waals surface area contributed by atoms with Crippen LogP contribution in [-0.2, 0) is 9.53 Å². The van der Waals surface area contributed by atoms with Gasteiger partial charge in [-0.3, -0.25) is 9.78 Å². The third-order valence-electron chi connectivity index (χ3n) is 5.00. The van der Waals surface area contributed by atoms with Gasteiger partial charge in [-0.2, -0.15) is 5.26 Å². The summed E-state index contributed by atoms with van der Waals surface area (Å²) >= 11 is 0. The van der Waals surface area contributed by atoms with Crippen molar-refractivity contribution in [3.63, 3.8) is 0 Å². The van der Waals surface area contributed by atoms with Gasteiger partial charge in [-0.25, -0.2) is 0 Å². The third kappa shape index (κ3) is 1.93. The fourth-order valence-electron chi connectivity index (χ4n) is 3.90. The number of fused-ring (bicyclic) bond motifs is 1. The summed E-state index contributed by atoms with van der Waals surface area (Å²) in [5.74, 6) is 0.115. The predicted octanol–water partition coefficient (Wildman–Crippen LogP) is 1.10. The Hall–Kier alpha value is -1.97. The molecule has 0 aromatic carbocycles. The summed E-state index contributed by atoms with van der Waals surface area (Å²) in [5.41, 5.74) is 0.837. The van der Waals surface area contributed by atoms with Crippen LogP contribution >= 0.6 is 0 Å². The topological polar surface area (TPSA) is 78.2 Å². The maximum absolute atomic E-state index is 13.0. The molecular formula is C16H18N4O2. The van der Waals surface area contributed by atoms with Crippen LogP contribution in [0.3, 0.4) is 0 Å². The van der Waals surface area contributed by atoms with Crippen LogP contribution < -0.4 is 5.32 Å². The smallest absolute Gasteiger partial charge is 0.257 e. The highest BCUT2D eigenvalue weighted by Crippen LogP contribution is 2.46. The van der Waals surface area contributed by atoms with Crippen LogP contribution in [0.25, 0.3) is 0 Å². The Labute approximate surface area is 129 Å². The summed E-state index contributed by atoms with van der Waals surface area (Å²) in [5, 5.41) is 12.3. The highest BCUT2D eigenvalue weighted by Gasteiger charge is 2.57. The number of amides is 1. The molecule has 6 nitrogen and oxygen atoms in total. The minimum Gasteiger partial charge on any atom is -0.342 e. The van der Waals surface area contributed by atoms with E-state index in [1.54, 1.807) is 12.4 Å². The molecule has 2 atom stereocenters. The van der Waals surface area contributed by atoms with Crippen molar-refractivity contribution in [2.75, 3.05) is 13.1 Å². The number of ether oxygens (including phenoxy) is 1. The SMILES string of the molecule is N#Cc1cncc([C@@H]2CC[C@H]3OC4(CCNCC4)C(=O)N32)c1. The summed E-state index contributed by atoms with van der Waals surface area (Å²) in [7, 11) is 0. The molecule has 1 aromatic heterocycles. The molecule has 0 bridgehead atoms. The standard InChI is InChI=1S/C16H18N4O2/c17-8-11-7-12(10-19-9-11)13-1-2-14-20(13)15(21)16(22-14)3-5-18-6-4-16/h7,9-10,13-14,18H,1-6H2/t13-,14+/m0/s1. The molecule has 0 unspecified atom stereocenters. The first-order valence-corrected chi connectivity index (χ1v) is 7.80. The molecule has 4 rings (SSSR count). The number of pyridine rings is 1. The summed E-state index contributed by atoms with van der Waals surface area (Å²) in [4.78, 5) is 19.0. The van der Waals surface area contributed by atoms with Crippen molar-refractivity contribution in [1.29, 1.82) is 5.26 Å². The molecule has 1 aromatic rings. The average Bonchev–Trinajstić information content (AvgIpc) is 3.08. The van der Waals surface area contributed by atoms with E-state index in [1.807, 2.05) is 11.0 Å². The molecule has 3 saturated heterocycles. The van der Waals surface area contributed by atoms with Gasteiger partial charge < -0.3 is 15.0 Å². The zero-order valence-corrected chi connectivity index (χ0v) is 12.3. The van der Waals surface area contributed by atoms with Gasteiger partial charge in [0.2, 0.25) is 0 Å². The second kappa shape index (κ2) is 5.04. The van der Waals surface area contributed by atoms with Crippen LogP contribution in [-0.4, -0.2) is 40.7 Å². The Morgan fingerprint density at radius 1 is 1.36 bits per heavy atom. The second-order valence-corrected chi connectivity index (χ2v) is 6.24. The lowest BCUT2D eigenvalue weighted by atomic mass is 9.90. The van der Waals surface area contributed by atoms with E-state index in [2.05, 4.69) is 16.4 Å². The Kier molecular flexibility index (Phi) is 3.13. The van der Waals surface area contributed by atoms with E-state index >= 15 is 0 Å². The maximum atomic E-state index is 13.0. The second-order valence-electron chi connectivity index (χ2n) is 6.24. The summed E-state index contributed by atoms with van der Waals surface area (Å²) in [6, 6.07) is 3.93. The average molecular weight is 298 g/mol. The Morgan fingerprint density at radius 3 is 2.95 bits per heavy atom. The maximum Gasteiger partial charge on any atom is 0.257 e. The molecule has 1 amide bonds. The first kappa shape index (κ1) is 13.7. The summed E-state index contributed by atoms with van der Waals surface area (Å²) < 4.78 is 6.19. The van der Waals surface area contributed by atoms with E-state index in [4.69, 9.17) is 10.00 Å². The number of carbonyl (C=O) groups excluding carboxylic acids is 1. The molecule has 3 aliphatic heterocycles. The van der Waals surface area contributed by atoms with Crippen molar-refractivity contribution in [3.8, 4) is 6.07 Å². The molecule has 3 aliphatic rings. The van der Waals surface area contributed by atoms with Crippen molar-refractivity contribution in [3.05, 3.63) is 29.6 Å². The fourth-order valence-corrected chi connectivity index (χ4v) is 3.90. The van der Waals surface area contributed by atoms with Gasteiger partial charge in [0.15, 0.2) is 5.60 Å². The molecule has 1 spiro atoms. The lowest BCUT2D eigenvalue weighted by Crippen LogP contribution is -2.49. The molecule has 0 radical (unpaired) electrons. The summed E-state index contributed by atoms with van der Waals surface area (Å²) in [6.07, 6.45) is 6.37. The number of aromatic nitrogens is 1. The minimum atomic E-state index is -0.630. The first-order chi connectivity index (χ1) is 10.7. The van der Waals surface area contributed by atoms with Crippen LogP contribution in [0.2, 0.25) is 0 Å². The van der Waals surface area contributed by atoms with Gasteiger partial charge in [0, 0.05) is 12.4 Å². The number of nitriles is 1. The number of rotatable bonds is 1. The van der Waals surface area contributed by atoms with E-state index in [9.17, 15) is 4.79 Å². The normalized spacial score (nSPS) is 29.6. The van der Waals surface area contributed by atoms with E-state index in [0.717, 1.165) is 44.3 Å². The molecule has 1 N–H and O–H groups in total. The van der Waals surface area contributed by atoms with Gasteiger partial charge in [-0.1, -0.05) is 0 Å². The summed E-state index contributed by atoms with van der Waals surface area (Å²) in [6.45, 7) is 1.64. The molecule has 4 heterocycles. The van der Waals surface area contributed by atoms with Crippen LogP contribution in [0, 0.1) is 11.3 Å². The van der Waals surface area contributed by atoms with Crippen molar-refractivity contribution < 1.29 is 9.53 Å². The van der Waals surface area contributed by atoms with Crippen LogP contribution in [0.15, 0.2) is 18.5 Å². The van der Waals surface area contributed by atoms with E-state index < -0.39 is 5.60 Å². The van der Waals surface area contributed by atoms with Gasteiger partial charge in [0.1, 0.15) is 12.3 Å². The molecular weight excluding hydrogens is 280 g/mol. The van der Waals surface area contributed by atoms with Gasteiger partial charge in [0.25, 0.3) is 5.91 Å². The van der Waals surface area contributed by atoms with Crippen molar-refractivity contribution >= 4 is 5.91 Å². The first-order valence-electron chi connectivity index (χ1n) is 7.80. The van der Waals surface area contributed by atoms with Gasteiger partial charge in [0.05, 0.1) is 11.6 Å². The van der Waals surface area contributed by atoms with Crippen molar-refractivity contribution in [2.24, 2.45) is 0 Å². The molecule has 6 heteroatoms. The van der Waals surface area contributed by atoms with Crippen molar-refractivity contribution in [1.82, 2.24) is 15.2 Å². The van der Waals surface area contributed by atoms with Gasteiger partial charge in [-0.05, 0) is 50.4 Å². The fraction of sp³-hybridized carbons (Fsp3) is 0.562. The molecule has 0 saturated carbocycles. The Balaban J connectivity index is 1.64. The number of piperidine rings is 1. The van der Waals surface area contributed by atoms with Crippen molar-refractivity contribution in [2.45, 2.75) is 43.6 Å². The van der Waals surface area contributed by atoms with Crippen LogP contribution in [0.4, 0.5) is 0 Å². The zero-order valence-electron chi connectivity index (χ0n) is 12.3. The number of hydrogen-bond acceptors (Lipinski definition) is 5. The van der Waals surface area contributed by atoms with Gasteiger partial charge in [-0.15, -0.1) is 0 Å². The van der Waals surface area contributed by atoms with Crippen LogP contribution in [0.1, 0.15) is 42.9 Å². The molecule has 0 aliphatic carbocycles. The molecule has 22 heavy (non-hydrogen) atoms. The lowest BCUT2D eigenvalue weighted by Gasteiger charge is -2.32. The minimum absolute atomic E-state index is 0.0208. The Morgan fingerprint density at radius 2 is 2.18 bits per heavy atom. The monoisotopic (exact) mass is 298 g/mol. The molecule has 3 fully saturated rings. The lowest BCUT2D eigenvalue weighted by molar-refractivity contribution is -0.140. The van der Waals surface area contributed by atoms with E-state index in [0.29, 0.717) is 5.56 Å². The largest absolute Gasteiger partial charge is 0.342 e. The number of nitrogens with one attached hydrogen (secondary N) is 1. The predicted molar refractivity (Wildman–Crippen MR) is 77.5 cm³/mol. The number of hydrogen-bond donors (Lipinski definition) is 1. The number of nitrogens with zero attached hydrogens (tertiary/aromatic N) is 3. The van der Waals surface area contributed by atoms with E-state index in [-0.39, 0.29) is 18.2 Å². The van der Waals surface area contributed by atoms with Crippen LogP contribution in [0.5, 0.6) is 0 Å². The van der Waals surface area contributed by atoms with Gasteiger partial charge >= 0.3 is 0 Å². The highest BCUT2D eigenvalue weighted by molar-refractivity contribution is 5.88.